The fraction of sp³-hybridized carbons (Fsp3) is 0.364. The number of aromatic nitrogens is 4. The van der Waals surface area contributed by atoms with Gasteiger partial charge in [-0.05, 0) is 19.4 Å². The van der Waals surface area contributed by atoms with E-state index in [2.05, 4.69) is 30.7 Å². The summed E-state index contributed by atoms with van der Waals surface area (Å²) < 4.78 is 5.09. The Bertz CT molecular complexity index is 564. The van der Waals surface area contributed by atoms with Gasteiger partial charge in [0.25, 0.3) is 11.7 Å². The molecule has 1 amide bonds. The van der Waals surface area contributed by atoms with E-state index >= 15 is 0 Å². The SMILES string of the molecule is O=C(Nc1cnccn1)c1noc(C2CCCN2)n1. The molecule has 0 radical (unpaired) electrons. The molecular formula is C11H12N6O2. The third-order valence-electron chi connectivity index (χ3n) is 2.81. The minimum absolute atomic E-state index is 0.00523. The molecule has 2 aromatic heterocycles. The Morgan fingerprint density at radius 3 is 3.16 bits per heavy atom. The Hall–Kier alpha value is -2.35. The highest BCUT2D eigenvalue weighted by Gasteiger charge is 2.24. The lowest BCUT2D eigenvalue weighted by Crippen LogP contribution is -2.16. The van der Waals surface area contributed by atoms with E-state index in [4.69, 9.17) is 4.52 Å². The maximum Gasteiger partial charge on any atom is 0.298 e. The van der Waals surface area contributed by atoms with E-state index in [1.54, 1.807) is 0 Å². The first-order valence-electron chi connectivity index (χ1n) is 5.97. The van der Waals surface area contributed by atoms with Crippen molar-refractivity contribution in [3.8, 4) is 0 Å². The zero-order chi connectivity index (χ0) is 13.1. The summed E-state index contributed by atoms with van der Waals surface area (Å²) in [4.78, 5) is 23.7. The molecule has 1 saturated heterocycles. The lowest BCUT2D eigenvalue weighted by Gasteiger charge is -2.01. The maximum atomic E-state index is 11.9. The number of rotatable bonds is 3. The molecule has 1 aliphatic rings. The van der Waals surface area contributed by atoms with Crippen molar-refractivity contribution in [2.75, 3.05) is 11.9 Å². The normalized spacial score (nSPS) is 18.4. The van der Waals surface area contributed by atoms with Gasteiger partial charge in [-0.25, -0.2) is 4.98 Å². The minimum atomic E-state index is -0.464. The molecule has 0 aliphatic carbocycles. The summed E-state index contributed by atoms with van der Waals surface area (Å²) >= 11 is 0. The van der Waals surface area contributed by atoms with Crippen LogP contribution in [0.2, 0.25) is 0 Å². The van der Waals surface area contributed by atoms with Crippen molar-refractivity contribution >= 4 is 11.7 Å². The molecule has 19 heavy (non-hydrogen) atoms. The molecule has 98 valence electrons. The molecule has 3 rings (SSSR count). The molecule has 8 nitrogen and oxygen atoms in total. The van der Waals surface area contributed by atoms with Crippen LogP contribution in [0.25, 0.3) is 0 Å². The summed E-state index contributed by atoms with van der Waals surface area (Å²) in [6.45, 7) is 0.925. The van der Waals surface area contributed by atoms with Gasteiger partial charge in [-0.3, -0.25) is 9.78 Å². The van der Waals surface area contributed by atoms with E-state index in [0.717, 1.165) is 19.4 Å². The lowest BCUT2D eigenvalue weighted by molar-refractivity contribution is 0.101. The Kier molecular flexibility index (Phi) is 3.15. The van der Waals surface area contributed by atoms with Gasteiger partial charge in [0.05, 0.1) is 12.2 Å². The van der Waals surface area contributed by atoms with Crippen LogP contribution in [0.1, 0.15) is 35.4 Å². The molecule has 0 saturated carbocycles. The van der Waals surface area contributed by atoms with Crippen LogP contribution in [0.4, 0.5) is 5.82 Å². The number of hydrogen-bond acceptors (Lipinski definition) is 7. The summed E-state index contributed by atoms with van der Waals surface area (Å²) in [5.74, 6) is 0.322. The van der Waals surface area contributed by atoms with Gasteiger partial charge in [0, 0.05) is 12.4 Å². The fourth-order valence-corrected chi connectivity index (χ4v) is 1.90. The van der Waals surface area contributed by atoms with E-state index in [1.165, 1.54) is 18.6 Å². The Morgan fingerprint density at radius 1 is 1.47 bits per heavy atom. The Labute approximate surface area is 108 Å². The Morgan fingerprint density at radius 2 is 2.42 bits per heavy atom. The predicted molar refractivity (Wildman–Crippen MR) is 64.3 cm³/mol. The first-order chi connectivity index (χ1) is 9.33. The molecule has 3 heterocycles. The van der Waals surface area contributed by atoms with Crippen LogP contribution in [0.5, 0.6) is 0 Å². The summed E-state index contributed by atoms with van der Waals surface area (Å²) in [5, 5.41) is 9.44. The standard InChI is InChI=1S/C11H12N6O2/c18-10(15-8-6-12-4-5-14-8)9-16-11(19-17-9)7-2-1-3-13-7/h4-7,13H,1-3H2,(H,14,15,18). The van der Waals surface area contributed by atoms with Crippen LogP contribution >= 0.6 is 0 Å². The van der Waals surface area contributed by atoms with Gasteiger partial charge in [-0.2, -0.15) is 4.98 Å². The van der Waals surface area contributed by atoms with E-state index < -0.39 is 5.91 Å². The fourth-order valence-electron chi connectivity index (χ4n) is 1.90. The zero-order valence-corrected chi connectivity index (χ0v) is 10.0. The van der Waals surface area contributed by atoms with Gasteiger partial charge in [0.15, 0.2) is 5.82 Å². The largest absolute Gasteiger partial charge is 0.337 e. The van der Waals surface area contributed by atoms with Crippen molar-refractivity contribution in [2.24, 2.45) is 0 Å². The second-order valence-corrected chi connectivity index (χ2v) is 4.15. The zero-order valence-electron chi connectivity index (χ0n) is 10.0. The number of amides is 1. The number of nitrogens with one attached hydrogen (secondary N) is 2. The van der Waals surface area contributed by atoms with Crippen molar-refractivity contribution in [1.82, 2.24) is 25.4 Å². The molecule has 2 aromatic rings. The highest BCUT2D eigenvalue weighted by molar-refractivity contribution is 6.00. The Balaban J connectivity index is 1.70. The van der Waals surface area contributed by atoms with Crippen molar-refractivity contribution in [2.45, 2.75) is 18.9 Å². The molecule has 2 N–H and O–H groups in total. The smallest absolute Gasteiger partial charge is 0.298 e. The van der Waals surface area contributed by atoms with Crippen LogP contribution < -0.4 is 10.6 Å². The molecule has 1 aliphatic heterocycles. The van der Waals surface area contributed by atoms with E-state index in [-0.39, 0.29) is 11.9 Å². The van der Waals surface area contributed by atoms with Crippen molar-refractivity contribution in [3.05, 3.63) is 30.3 Å². The molecular weight excluding hydrogens is 248 g/mol. The molecule has 1 atom stereocenters. The van der Waals surface area contributed by atoms with E-state index in [1.807, 2.05) is 0 Å². The van der Waals surface area contributed by atoms with Crippen LogP contribution in [0.3, 0.4) is 0 Å². The second kappa shape index (κ2) is 5.11. The van der Waals surface area contributed by atoms with Crippen LogP contribution in [-0.2, 0) is 0 Å². The third-order valence-corrected chi connectivity index (χ3v) is 2.81. The summed E-state index contributed by atoms with van der Waals surface area (Å²) in [6, 6.07) is 0.0468. The number of carbonyl (C=O) groups is 1. The van der Waals surface area contributed by atoms with Crippen molar-refractivity contribution < 1.29 is 9.32 Å². The maximum absolute atomic E-state index is 11.9. The summed E-state index contributed by atoms with van der Waals surface area (Å²) in [6.07, 6.45) is 6.45. The van der Waals surface area contributed by atoms with Gasteiger partial charge < -0.3 is 15.2 Å². The van der Waals surface area contributed by atoms with Gasteiger partial charge in [-0.1, -0.05) is 5.16 Å². The number of hydrogen-bond donors (Lipinski definition) is 2. The van der Waals surface area contributed by atoms with Gasteiger partial charge in [0.2, 0.25) is 5.89 Å². The first kappa shape index (κ1) is 11.7. The third kappa shape index (κ3) is 2.58. The van der Waals surface area contributed by atoms with Gasteiger partial charge >= 0.3 is 0 Å². The monoisotopic (exact) mass is 260 g/mol. The van der Waals surface area contributed by atoms with Gasteiger partial charge in [-0.15, -0.1) is 0 Å². The second-order valence-electron chi connectivity index (χ2n) is 4.15. The summed E-state index contributed by atoms with van der Waals surface area (Å²) in [5.41, 5.74) is 0. The van der Waals surface area contributed by atoms with Gasteiger partial charge in [0.1, 0.15) is 0 Å². The van der Waals surface area contributed by atoms with Crippen LogP contribution in [0, 0.1) is 0 Å². The molecule has 0 aromatic carbocycles. The molecule has 1 fully saturated rings. The molecule has 0 spiro atoms. The van der Waals surface area contributed by atoms with E-state index in [9.17, 15) is 4.79 Å². The van der Waals surface area contributed by atoms with Crippen molar-refractivity contribution in [1.29, 1.82) is 0 Å². The average molecular weight is 260 g/mol. The molecule has 8 heteroatoms. The molecule has 0 bridgehead atoms. The topological polar surface area (TPSA) is 106 Å². The highest BCUT2D eigenvalue weighted by atomic mass is 16.5. The number of anilines is 1. The van der Waals surface area contributed by atoms with Crippen LogP contribution in [-0.4, -0.2) is 32.6 Å². The van der Waals surface area contributed by atoms with E-state index in [0.29, 0.717) is 11.7 Å². The highest BCUT2D eigenvalue weighted by Crippen LogP contribution is 2.21. The number of carbonyl (C=O) groups excluding carboxylic acids is 1. The number of nitrogens with zero attached hydrogens (tertiary/aromatic N) is 4. The molecule has 1 unspecified atom stereocenters. The average Bonchev–Trinajstić information content (AvgIpc) is 3.11. The first-order valence-corrected chi connectivity index (χ1v) is 5.97. The van der Waals surface area contributed by atoms with Crippen molar-refractivity contribution in [3.63, 3.8) is 0 Å². The summed E-state index contributed by atoms with van der Waals surface area (Å²) in [7, 11) is 0. The van der Waals surface area contributed by atoms with Crippen LogP contribution in [0.15, 0.2) is 23.1 Å². The lowest BCUT2D eigenvalue weighted by atomic mass is 10.2. The minimum Gasteiger partial charge on any atom is -0.337 e. The quantitative estimate of drug-likeness (QED) is 0.829. The predicted octanol–water partition coefficient (Wildman–Crippen LogP) is 0.536.